The van der Waals surface area contributed by atoms with Crippen molar-refractivity contribution in [2.45, 2.75) is 57.4 Å². The third-order valence-corrected chi connectivity index (χ3v) is 3.48. The molecule has 3 N–H and O–H groups in total. The van der Waals surface area contributed by atoms with Gasteiger partial charge in [-0.15, -0.1) is 12.4 Å². The molecule has 0 aliphatic heterocycles. The van der Waals surface area contributed by atoms with Gasteiger partial charge in [-0.05, 0) is 32.9 Å². The Balaban J connectivity index is 0.00000361. The van der Waals surface area contributed by atoms with Crippen LogP contribution in [-0.4, -0.2) is 38.0 Å². The molecule has 0 saturated heterocycles. The van der Waals surface area contributed by atoms with E-state index in [0.717, 1.165) is 25.8 Å². The monoisotopic (exact) mass is 305 g/mol. The Morgan fingerprint density at radius 2 is 1.70 bits per heavy atom. The predicted molar refractivity (Wildman–Crippen MR) is 83.1 cm³/mol. The van der Waals surface area contributed by atoms with Crippen molar-refractivity contribution in [1.82, 2.24) is 16.0 Å². The van der Waals surface area contributed by atoms with Crippen LogP contribution in [0.2, 0.25) is 0 Å². The van der Waals surface area contributed by atoms with Crippen molar-refractivity contribution >= 4 is 24.2 Å². The summed E-state index contributed by atoms with van der Waals surface area (Å²) in [7, 11) is 1.87. The van der Waals surface area contributed by atoms with Gasteiger partial charge in [0.1, 0.15) is 0 Å². The Hall–Kier alpha value is -0.810. The van der Waals surface area contributed by atoms with E-state index in [1.807, 2.05) is 7.05 Å². The molecule has 0 aromatic heterocycles. The Morgan fingerprint density at radius 3 is 2.35 bits per heavy atom. The maximum Gasteiger partial charge on any atom is 0.221 e. The molecule has 0 aromatic rings. The molecule has 6 heteroatoms. The second-order valence-corrected chi connectivity index (χ2v) is 5.21. The number of nitrogens with one attached hydrogen (secondary N) is 3. The van der Waals surface area contributed by atoms with Gasteiger partial charge in [0.05, 0.1) is 0 Å². The normalized spacial score (nSPS) is 15.2. The summed E-state index contributed by atoms with van der Waals surface area (Å²) >= 11 is 0. The topological polar surface area (TPSA) is 70.2 Å². The quantitative estimate of drug-likeness (QED) is 0.593. The molecule has 0 heterocycles. The largest absolute Gasteiger partial charge is 0.356 e. The summed E-state index contributed by atoms with van der Waals surface area (Å²) in [5, 5.41) is 8.83. The molecule has 118 valence electrons. The van der Waals surface area contributed by atoms with Gasteiger partial charge in [-0.2, -0.15) is 0 Å². The van der Waals surface area contributed by atoms with Gasteiger partial charge in [-0.3, -0.25) is 9.59 Å². The molecule has 0 aromatic carbocycles. The van der Waals surface area contributed by atoms with E-state index in [-0.39, 0.29) is 24.2 Å². The highest BCUT2D eigenvalue weighted by Gasteiger charge is 2.15. The zero-order valence-electron chi connectivity index (χ0n) is 12.4. The summed E-state index contributed by atoms with van der Waals surface area (Å²) in [6.07, 6.45) is 7.65. The maximum absolute atomic E-state index is 11.7. The Bertz CT molecular complexity index is 282. The molecule has 1 fully saturated rings. The highest BCUT2D eigenvalue weighted by Crippen LogP contribution is 2.17. The van der Waals surface area contributed by atoms with Gasteiger partial charge in [0.15, 0.2) is 0 Å². The van der Waals surface area contributed by atoms with Gasteiger partial charge in [-0.1, -0.05) is 19.3 Å². The number of rotatable bonds is 8. The molecule has 1 aliphatic rings. The first kappa shape index (κ1) is 19.2. The number of carbonyl (C=O) groups is 2. The predicted octanol–water partition coefficient (Wildman–Crippen LogP) is 1.36. The van der Waals surface area contributed by atoms with Gasteiger partial charge in [-0.25, -0.2) is 0 Å². The second-order valence-electron chi connectivity index (χ2n) is 5.21. The molecular formula is C14H28ClN3O2. The van der Waals surface area contributed by atoms with Crippen molar-refractivity contribution < 1.29 is 9.59 Å². The van der Waals surface area contributed by atoms with E-state index in [1.54, 1.807) is 0 Å². The van der Waals surface area contributed by atoms with Crippen molar-refractivity contribution in [2.24, 2.45) is 0 Å². The molecule has 0 spiro atoms. The van der Waals surface area contributed by atoms with Crippen molar-refractivity contribution in [3.8, 4) is 0 Å². The van der Waals surface area contributed by atoms with Crippen LogP contribution < -0.4 is 16.0 Å². The van der Waals surface area contributed by atoms with Crippen molar-refractivity contribution in [3.05, 3.63) is 0 Å². The fourth-order valence-corrected chi connectivity index (χ4v) is 2.38. The average Bonchev–Trinajstić information content (AvgIpc) is 2.40. The molecule has 0 bridgehead atoms. The summed E-state index contributed by atoms with van der Waals surface area (Å²) in [5.74, 6) is 0.0862. The van der Waals surface area contributed by atoms with E-state index >= 15 is 0 Å². The van der Waals surface area contributed by atoms with Gasteiger partial charge < -0.3 is 16.0 Å². The number of hydrogen-bond donors (Lipinski definition) is 3. The first-order valence-electron chi connectivity index (χ1n) is 7.43. The molecule has 0 atom stereocenters. The van der Waals surface area contributed by atoms with E-state index in [0.29, 0.717) is 25.4 Å². The summed E-state index contributed by atoms with van der Waals surface area (Å²) in [5.41, 5.74) is 0. The van der Waals surface area contributed by atoms with Crippen LogP contribution >= 0.6 is 12.4 Å². The summed E-state index contributed by atoms with van der Waals surface area (Å²) in [4.78, 5) is 23.1. The van der Waals surface area contributed by atoms with E-state index < -0.39 is 0 Å². The minimum Gasteiger partial charge on any atom is -0.356 e. The first-order chi connectivity index (χ1) is 9.22. The highest BCUT2D eigenvalue weighted by molar-refractivity contribution is 5.85. The van der Waals surface area contributed by atoms with Crippen molar-refractivity contribution in [1.29, 1.82) is 0 Å². The van der Waals surface area contributed by atoms with Gasteiger partial charge in [0, 0.05) is 25.4 Å². The standard InChI is InChI=1S/C14H27N3O2.ClH/c1-15-10-5-8-13(18)16-11-9-14(19)17-12-6-3-2-4-7-12;/h12,15H,2-11H2,1H3,(H,16,18)(H,17,19);1H. The van der Waals surface area contributed by atoms with Gasteiger partial charge >= 0.3 is 0 Å². The Labute approximate surface area is 128 Å². The number of carbonyl (C=O) groups excluding carboxylic acids is 2. The molecule has 20 heavy (non-hydrogen) atoms. The van der Waals surface area contributed by atoms with Crippen LogP contribution in [0.3, 0.4) is 0 Å². The first-order valence-corrected chi connectivity index (χ1v) is 7.43. The molecule has 2 amide bonds. The maximum atomic E-state index is 11.7. The van der Waals surface area contributed by atoms with Gasteiger partial charge in [0.2, 0.25) is 11.8 Å². The second kappa shape index (κ2) is 12.0. The van der Waals surface area contributed by atoms with Crippen molar-refractivity contribution in [3.63, 3.8) is 0 Å². The number of halogens is 1. The summed E-state index contributed by atoms with van der Waals surface area (Å²) in [6, 6.07) is 0.354. The lowest BCUT2D eigenvalue weighted by Gasteiger charge is -2.22. The minimum absolute atomic E-state index is 0. The number of amides is 2. The molecule has 0 radical (unpaired) electrons. The SMILES string of the molecule is CNCCCC(=O)NCCC(=O)NC1CCCCC1.Cl. The highest BCUT2D eigenvalue weighted by atomic mass is 35.5. The summed E-state index contributed by atoms with van der Waals surface area (Å²) < 4.78 is 0. The summed E-state index contributed by atoms with van der Waals surface area (Å²) in [6.45, 7) is 1.28. The molecular weight excluding hydrogens is 278 g/mol. The van der Waals surface area contributed by atoms with Gasteiger partial charge in [0.25, 0.3) is 0 Å². The van der Waals surface area contributed by atoms with Crippen LogP contribution in [-0.2, 0) is 9.59 Å². The smallest absolute Gasteiger partial charge is 0.221 e. The van der Waals surface area contributed by atoms with E-state index in [4.69, 9.17) is 0 Å². The molecule has 1 saturated carbocycles. The van der Waals surface area contributed by atoms with E-state index in [1.165, 1.54) is 19.3 Å². The average molecular weight is 306 g/mol. The van der Waals surface area contributed by atoms with E-state index in [9.17, 15) is 9.59 Å². The molecule has 0 unspecified atom stereocenters. The van der Waals surface area contributed by atoms with Crippen molar-refractivity contribution in [2.75, 3.05) is 20.1 Å². The fraction of sp³-hybridized carbons (Fsp3) is 0.857. The van der Waals surface area contributed by atoms with Crippen LogP contribution in [0.1, 0.15) is 51.4 Å². The lowest BCUT2D eigenvalue weighted by Crippen LogP contribution is -2.38. The van der Waals surface area contributed by atoms with Crippen LogP contribution in [0.15, 0.2) is 0 Å². The fourth-order valence-electron chi connectivity index (χ4n) is 2.38. The zero-order chi connectivity index (χ0) is 13.9. The zero-order valence-corrected chi connectivity index (χ0v) is 13.2. The van der Waals surface area contributed by atoms with Crippen LogP contribution in [0.5, 0.6) is 0 Å². The molecule has 5 nitrogen and oxygen atoms in total. The molecule has 1 rings (SSSR count). The molecule has 1 aliphatic carbocycles. The number of hydrogen-bond acceptors (Lipinski definition) is 3. The van der Waals surface area contributed by atoms with Crippen LogP contribution in [0.25, 0.3) is 0 Å². The van der Waals surface area contributed by atoms with Crippen LogP contribution in [0.4, 0.5) is 0 Å². The lowest BCUT2D eigenvalue weighted by molar-refractivity contribution is -0.122. The Morgan fingerprint density at radius 1 is 1.00 bits per heavy atom. The Kier molecular flexibility index (Phi) is 11.5. The minimum atomic E-state index is 0. The third kappa shape index (κ3) is 9.15. The van der Waals surface area contributed by atoms with Crippen LogP contribution in [0, 0.1) is 0 Å². The third-order valence-electron chi connectivity index (χ3n) is 3.48. The lowest BCUT2D eigenvalue weighted by atomic mass is 9.95. The van der Waals surface area contributed by atoms with E-state index in [2.05, 4.69) is 16.0 Å².